The summed E-state index contributed by atoms with van der Waals surface area (Å²) in [6.07, 6.45) is 10.6. The average Bonchev–Trinajstić information content (AvgIpc) is 1.66. The first-order valence-corrected chi connectivity index (χ1v) is 36.7. The van der Waals surface area contributed by atoms with Gasteiger partial charge in [-0.15, -0.1) is 32.9 Å². The van der Waals surface area contributed by atoms with E-state index in [-0.39, 0.29) is 91.8 Å². The van der Waals surface area contributed by atoms with E-state index in [2.05, 4.69) is 92.9 Å². The number of aryl methyl sites for hydroxylation is 8. The quantitative estimate of drug-likeness (QED) is 0.0247. The highest BCUT2D eigenvalue weighted by Gasteiger charge is 2.29. The Morgan fingerprint density at radius 2 is 0.811 bits per heavy atom. The molecule has 4 aliphatic rings. The van der Waals surface area contributed by atoms with Crippen molar-refractivity contribution in [2.75, 3.05) is 10.7 Å². The summed E-state index contributed by atoms with van der Waals surface area (Å²) in [6.45, 7) is 17.6. The Morgan fingerprint density at radius 3 is 1.16 bits per heavy atom. The number of phenols is 3. The fraction of sp³-hybridized carbons (Fsp3) is 0.253. The van der Waals surface area contributed by atoms with Crippen LogP contribution >= 0.6 is 12.4 Å². The summed E-state index contributed by atoms with van der Waals surface area (Å²) in [5.74, 6) is -1.67. The van der Waals surface area contributed by atoms with E-state index in [1.807, 2.05) is 45.9 Å². The number of hydrogen-bond acceptors (Lipinski definition) is 15. The van der Waals surface area contributed by atoms with Crippen LogP contribution in [0.25, 0.3) is 44.8 Å². The summed E-state index contributed by atoms with van der Waals surface area (Å²) in [5, 5.41) is 88.3. The Labute approximate surface area is 647 Å². The predicted molar refractivity (Wildman–Crippen MR) is 434 cm³/mol. The number of amides is 1. The summed E-state index contributed by atoms with van der Waals surface area (Å²) in [7, 11) is 0. The molecule has 3 atom stereocenters. The number of nitrogens with two attached hydrogens (primary N) is 1. The molecule has 1 amide bonds. The van der Waals surface area contributed by atoms with Crippen LogP contribution in [-0.4, -0.2) is 79.7 Å². The zero-order chi connectivity index (χ0) is 78.5. The molecule has 570 valence electrons. The number of nitrogens with zero attached hydrogens (tertiary/aromatic N) is 8. The molecule has 0 bridgehead atoms. The maximum atomic E-state index is 13.3. The van der Waals surface area contributed by atoms with E-state index in [1.54, 1.807) is 91.7 Å². The minimum atomic E-state index is -1.05. The minimum Gasteiger partial charge on any atom is -0.505 e. The Bertz CT molecular complexity index is 5450. The number of phenolic OH excluding ortho intramolecular Hbond substituents is 3. The second-order valence-electron chi connectivity index (χ2n) is 28.4. The number of halogens is 1. The number of aromatic carboxylic acids is 3. The van der Waals surface area contributed by atoms with Crippen LogP contribution in [0.5, 0.6) is 17.2 Å². The van der Waals surface area contributed by atoms with Gasteiger partial charge in [0, 0.05) is 22.4 Å². The molecule has 0 saturated heterocycles. The highest BCUT2D eigenvalue weighted by molar-refractivity contribution is 6.12. The molecule has 1 aliphatic heterocycles. The van der Waals surface area contributed by atoms with Crippen LogP contribution in [0.4, 0.5) is 34.1 Å². The number of carboxylic acid groups (broad SMARTS) is 3. The Kier molecular flexibility index (Phi) is 24.1. The molecule has 0 fully saturated rings. The van der Waals surface area contributed by atoms with Crippen molar-refractivity contribution in [3.05, 3.63) is 263 Å². The van der Waals surface area contributed by atoms with Crippen LogP contribution in [0.3, 0.4) is 0 Å². The van der Waals surface area contributed by atoms with E-state index in [0.29, 0.717) is 68.9 Å². The number of azo groups is 2. The lowest BCUT2D eigenvalue weighted by atomic mass is 9.98. The molecule has 111 heavy (non-hydrogen) atoms. The Balaban J connectivity index is 0.000000154. The van der Waals surface area contributed by atoms with Crippen LogP contribution in [0.15, 0.2) is 199 Å². The van der Waals surface area contributed by atoms with Gasteiger partial charge in [-0.05, 0) is 293 Å². The SMILES string of the molecule is CCC1CCc2ccc(-n3[nH]c(C)c(N=Nc4cc(C)cc(-c5cccc(C(=O)O)c5)c4O)c3=O)cc21.CCC1CCc2ccc(-n3[nH]c(C)c(N=Nc4cc(C)cc(-c5cccc(C(=O)O)c5)c4O)c3=O)cc21.CCC1CCc2ccc(N3N=C(C)CC3=O)cc21.Cc1cc(N)c(O)c(-c2cccc(C(=O)O)c2)c1.Cl. The van der Waals surface area contributed by atoms with Crippen LogP contribution in [0.2, 0.25) is 0 Å². The van der Waals surface area contributed by atoms with Gasteiger partial charge < -0.3 is 36.4 Å². The zero-order valence-electron chi connectivity index (χ0n) is 63.1. The van der Waals surface area contributed by atoms with Gasteiger partial charge in [0.25, 0.3) is 17.0 Å². The molecule has 0 saturated carbocycles. The number of anilines is 2. The van der Waals surface area contributed by atoms with Gasteiger partial charge in [0.1, 0.15) is 17.1 Å². The second-order valence-corrected chi connectivity index (χ2v) is 28.4. The number of fused-ring (bicyclic) bond motifs is 3. The van der Waals surface area contributed by atoms with Crippen molar-refractivity contribution in [2.24, 2.45) is 25.6 Å². The highest BCUT2D eigenvalue weighted by Crippen LogP contribution is 2.44. The molecule has 9 aromatic carbocycles. The number of carboxylic acids is 3. The monoisotopic (exact) mass is 1510 g/mol. The van der Waals surface area contributed by atoms with Crippen molar-refractivity contribution in [2.45, 2.75) is 144 Å². The van der Waals surface area contributed by atoms with Crippen LogP contribution in [-0.2, 0) is 24.1 Å². The largest absolute Gasteiger partial charge is 0.505 e. The van der Waals surface area contributed by atoms with E-state index >= 15 is 0 Å². The minimum absolute atomic E-state index is 0. The van der Waals surface area contributed by atoms with Crippen LogP contribution in [0, 0.1) is 34.6 Å². The number of H-pyrrole nitrogens is 2. The molecule has 10 N–H and O–H groups in total. The first kappa shape index (κ1) is 79.3. The standard InChI is InChI=1S/2C29H28N4O4.C15H18N2O.C14H13NO3.ClH/c2*1-4-18-8-9-19-10-11-22(15-23(18)19)33-28(35)26(17(3)32-33)31-30-25-13-16(2)12-24(27(25)34)20-6-5-7-21(14-20)29(36)37;1-3-11-4-5-12-6-7-13(9-14(11)12)17-15(18)8-10(2)16-17;1-8-5-11(13(16)12(15)6-8)9-3-2-4-10(7-9)14(17)18;/h2*5-7,10-15,18,32,34H,4,8-9H2,1-3H3,(H,36,37);6-7,9,11H,3-5,8H2,1-2H3;2-7,16H,15H2,1H3,(H,17,18);1H. The van der Waals surface area contributed by atoms with Crippen molar-refractivity contribution in [1.29, 1.82) is 0 Å². The maximum Gasteiger partial charge on any atom is 0.335 e. The number of aromatic amines is 2. The second kappa shape index (κ2) is 33.8. The van der Waals surface area contributed by atoms with E-state index < -0.39 is 17.9 Å². The lowest BCUT2D eigenvalue weighted by Gasteiger charge is -2.15. The molecule has 0 radical (unpaired) electrons. The van der Waals surface area contributed by atoms with Gasteiger partial charge in [0.2, 0.25) is 0 Å². The number of nitrogen functional groups attached to an aromatic ring is 1. The number of hydrogen-bond donors (Lipinski definition) is 9. The molecule has 15 rings (SSSR count). The number of aromatic hydroxyl groups is 3. The number of nitrogens with one attached hydrogen (secondary N) is 2. The molecule has 11 aromatic rings. The highest BCUT2D eigenvalue weighted by atomic mass is 35.5. The fourth-order valence-corrected chi connectivity index (χ4v) is 14.9. The number of carbonyl (C=O) groups is 4. The number of rotatable bonds is 16. The molecule has 24 heteroatoms. The Hall–Kier alpha value is -12.8. The fourth-order valence-electron chi connectivity index (χ4n) is 14.9. The summed E-state index contributed by atoms with van der Waals surface area (Å²) in [6, 6.07) is 47.9. The van der Waals surface area contributed by atoms with Gasteiger partial charge in [0.15, 0.2) is 22.9 Å². The summed E-state index contributed by atoms with van der Waals surface area (Å²) in [5.41, 5.74) is 24.6. The Morgan fingerprint density at radius 1 is 0.459 bits per heavy atom. The third kappa shape index (κ3) is 17.1. The van der Waals surface area contributed by atoms with Gasteiger partial charge in [-0.25, -0.2) is 28.8 Å². The smallest absolute Gasteiger partial charge is 0.335 e. The zero-order valence-corrected chi connectivity index (χ0v) is 63.9. The van der Waals surface area contributed by atoms with E-state index in [4.69, 9.17) is 10.8 Å². The summed E-state index contributed by atoms with van der Waals surface area (Å²) < 4.78 is 2.96. The van der Waals surface area contributed by atoms with Gasteiger partial charge in [-0.2, -0.15) is 5.10 Å². The normalized spacial score (nSPS) is 15.2. The number of hydrazone groups is 1. The number of carbonyl (C=O) groups excluding carboxylic acids is 1. The van der Waals surface area contributed by atoms with Gasteiger partial charge in [0.05, 0.1) is 57.2 Å². The summed E-state index contributed by atoms with van der Waals surface area (Å²) in [4.78, 5) is 72.1. The molecule has 2 aromatic heterocycles. The lowest BCUT2D eigenvalue weighted by molar-refractivity contribution is -0.116. The van der Waals surface area contributed by atoms with Crippen molar-refractivity contribution in [3.8, 4) is 62.0 Å². The molecular formula is C87H88ClN11O12. The van der Waals surface area contributed by atoms with E-state index in [0.717, 1.165) is 78.0 Å². The van der Waals surface area contributed by atoms with Crippen LogP contribution in [0.1, 0.15) is 183 Å². The van der Waals surface area contributed by atoms with Gasteiger partial charge in [-0.3, -0.25) is 24.6 Å². The topological polar surface area (TPSA) is 356 Å². The van der Waals surface area contributed by atoms with Crippen molar-refractivity contribution in [3.63, 3.8) is 0 Å². The van der Waals surface area contributed by atoms with Crippen molar-refractivity contribution in [1.82, 2.24) is 19.6 Å². The molecule has 0 spiro atoms. The maximum absolute atomic E-state index is 13.3. The molecule has 3 aliphatic carbocycles. The molecule has 23 nitrogen and oxygen atoms in total. The molecule has 3 heterocycles. The predicted octanol–water partition coefficient (Wildman–Crippen LogP) is 19.7. The number of aromatic nitrogens is 4. The first-order valence-electron chi connectivity index (χ1n) is 36.7. The third-order valence-corrected chi connectivity index (χ3v) is 20.8. The van der Waals surface area contributed by atoms with E-state index in [9.17, 15) is 54.3 Å². The third-order valence-electron chi connectivity index (χ3n) is 20.8. The average molecular weight is 1520 g/mol. The van der Waals surface area contributed by atoms with Crippen molar-refractivity contribution < 1.29 is 49.8 Å². The molecular weight excluding hydrogens is 1430 g/mol. The molecule has 3 unspecified atom stereocenters. The van der Waals surface area contributed by atoms with Gasteiger partial charge in [-0.1, -0.05) is 75.4 Å². The first-order chi connectivity index (χ1) is 52.7. The number of benzene rings is 9. The van der Waals surface area contributed by atoms with Crippen LogP contribution < -0.4 is 21.9 Å². The van der Waals surface area contributed by atoms with Crippen molar-refractivity contribution >= 4 is 76.1 Å². The summed E-state index contributed by atoms with van der Waals surface area (Å²) >= 11 is 0. The van der Waals surface area contributed by atoms with E-state index in [1.165, 1.54) is 98.4 Å². The van der Waals surface area contributed by atoms with Gasteiger partial charge >= 0.3 is 17.9 Å². The lowest BCUT2D eigenvalue weighted by Crippen LogP contribution is -2.19.